The van der Waals surface area contributed by atoms with E-state index in [0.717, 1.165) is 5.56 Å². The highest BCUT2D eigenvalue weighted by Gasteiger charge is 2.08. The van der Waals surface area contributed by atoms with Crippen molar-refractivity contribution >= 4 is 11.9 Å². The molecule has 0 unspecified atom stereocenters. The lowest BCUT2D eigenvalue weighted by atomic mass is 10.1. The molecule has 0 radical (unpaired) electrons. The Balaban J connectivity index is 1.91. The lowest BCUT2D eigenvalue weighted by molar-refractivity contribution is 0.0827. The van der Waals surface area contributed by atoms with Crippen molar-refractivity contribution in [2.75, 3.05) is 28.3 Å². The lowest BCUT2D eigenvalue weighted by Gasteiger charge is -2.14. The van der Waals surface area contributed by atoms with Gasteiger partial charge in [0.1, 0.15) is 11.5 Å². The minimum Gasteiger partial charge on any atom is -0.508 e. The van der Waals surface area contributed by atoms with Crippen LogP contribution in [-0.2, 0) is 13.1 Å². The normalized spacial score (nSPS) is 11.0. The first kappa shape index (κ1) is 20.1. The van der Waals surface area contributed by atoms with E-state index in [2.05, 4.69) is 15.6 Å². The second kappa shape index (κ2) is 9.47. The summed E-state index contributed by atoms with van der Waals surface area (Å²) in [7, 11) is 6.72. The van der Waals surface area contributed by atoms with Gasteiger partial charge in [-0.1, -0.05) is 12.1 Å². The molecular weight excluding hydrogens is 344 g/mol. The third-order valence-corrected chi connectivity index (χ3v) is 4.02. The van der Waals surface area contributed by atoms with Crippen LogP contribution in [0.15, 0.2) is 47.5 Å². The highest BCUT2D eigenvalue weighted by molar-refractivity contribution is 5.93. The summed E-state index contributed by atoms with van der Waals surface area (Å²) in [4.78, 5) is 17.6. The van der Waals surface area contributed by atoms with Crippen LogP contribution in [0, 0.1) is 0 Å². The van der Waals surface area contributed by atoms with Crippen molar-refractivity contribution < 1.29 is 14.6 Å². The van der Waals surface area contributed by atoms with E-state index in [4.69, 9.17) is 4.74 Å². The van der Waals surface area contributed by atoms with Gasteiger partial charge in [-0.3, -0.25) is 9.79 Å². The molecule has 0 aromatic heterocycles. The number of guanidine groups is 1. The van der Waals surface area contributed by atoms with Crippen LogP contribution >= 0.6 is 0 Å². The monoisotopic (exact) mass is 370 g/mol. The molecule has 0 aliphatic rings. The number of carbonyl (C=O) groups is 1. The summed E-state index contributed by atoms with van der Waals surface area (Å²) in [5.74, 6) is 1.45. The Bertz CT molecular complexity index is 801. The van der Waals surface area contributed by atoms with Gasteiger partial charge in [-0.25, -0.2) is 0 Å². The summed E-state index contributed by atoms with van der Waals surface area (Å²) < 4.78 is 5.18. The zero-order chi connectivity index (χ0) is 19.8. The number of benzene rings is 2. The minimum absolute atomic E-state index is 0.0231. The van der Waals surface area contributed by atoms with Crippen molar-refractivity contribution in [3.63, 3.8) is 0 Å². The van der Waals surface area contributed by atoms with E-state index in [0.29, 0.717) is 35.9 Å². The van der Waals surface area contributed by atoms with Crippen LogP contribution in [0.4, 0.5) is 0 Å². The Morgan fingerprint density at radius 2 is 1.78 bits per heavy atom. The van der Waals surface area contributed by atoms with E-state index in [1.165, 1.54) is 0 Å². The quantitative estimate of drug-likeness (QED) is 0.535. The van der Waals surface area contributed by atoms with Crippen molar-refractivity contribution in [2.45, 2.75) is 13.1 Å². The van der Waals surface area contributed by atoms with Crippen LogP contribution in [-0.4, -0.2) is 50.1 Å². The maximum absolute atomic E-state index is 11.9. The number of hydrogen-bond donors (Lipinski definition) is 3. The van der Waals surface area contributed by atoms with E-state index >= 15 is 0 Å². The largest absolute Gasteiger partial charge is 0.508 e. The first-order valence-electron chi connectivity index (χ1n) is 8.55. The standard InChI is InChI=1S/C20H26N4O3/c1-21-20(23-13-16-11-17(27-4)9-10-18(16)25)22-12-14-5-7-15(8-6-14)19(26)24(2)3/h5-11,25H,12-13H2,1-4H3,(H2,21,22,23). The van der Waals surface area contributed by atoms with Crippen molar-refractivity contribution in [3.05, 3.63) is 59.2 Å². The Kier molecular flexibility index (Phi) is 7.05. The average Bonchev–Trinajstić information content (AvgIpc) is 2.69. The summed E-state index contributed by atoms with van der Waals surface area (Å²) in [5, 5.41) is 16.3. The fourth-order valence-electron chi connectivity index (χ4n) is 2.44. The van der Waals surface area contributed by atoms with Crippen molar-refractivity contribution in [1.82, 2.24) is 15.5 Å². The predicted octanol–water partition coefficient (Wildman–Crippen LogP) is 1.97. The first-order chi connectivity index (χ1) is 12.9. The summed E-state index contributed by atoms with van der Waals surface area (Å²) in [5.41, 5.74) is 2.39. The van der Waals surface area contributed by atoms with E-state index in [-0.39, 0.29) is 11.7 Å². The Morgan fingerprint density at radius 3 is 2.37 bits per heavy atom. The number of carbonyl (C=O) groups excluding carboxylic acids is 1. The van der Waals surface area contributed by atoms with Gasteiger partial charge in [-0.2, -0.15) is 0 Å². The molecule has 0 bridgehead atoms. The number of rotatable bonds is 6. The van der Waals surface area contributed by atoms with E-state index in [1.54, 1.807) is 51.4 Å². The molecule has 0 spiro atoms. The highest BCUT2D eigenvalue weighted by atomic mass is 16.5. The van der Waals surface area contributed by atoms with Gasteiger partial charge in [0, 0.05) is 45.4 Å². The number of aliphatic imine (C=N–C) groups is 1. The Morgan fingerprint density at radius 1 is 1.11 bits per heavy atom. The molecule has 2 aromatic rings. The highest BCUT2D eigenvalue weighted by Crippen LogP contribution is 2.22. The number of phenolic OH excluding ortho intramolecular Hbond substituents is 1. The third-order valence-electron chi connectivity index (χ3n) is 4.02. The van der Waals surface area contributed by atoms with Gasteiger partial charge >= 0.3 is 0 Å². The van der Waals surface area contributed by atoms with Gasteiger partial charge in [0.05, 0.1) is 7.11 Å². The molecule has 2 rings (SSSR count). The van der Waals surface area contributed by atoms with Crippen molar-refractivity contribution in [2.24, 2.45) is 4.99 Å². The molecule has 0 heterocycles. The van der Waals surface area contributed by atoms with Crippen LogP contribution in [0.5, 0.6) is 11.5 Å². The van der Waals surface area contributed by atoms with Crippen LogP contribution in [0.25, 0.3) is 0 Å². The number of ether oxygens (including phenoxy) is 1. The maximum Gasteiger partial charge on any atom is 0.253 e. The number of hydrogen-bond acceptors (Lipinski definition) is 4. The van der Waals surface area contributed by atoms with Gasteiger partial charge in [-0.05, 0) is 35.9 Å². The predicted molar refractivity (Wildman–Crippen MR) is 106 cm³/mol. The molecule has 144 valence electrons. The number of amides is 1. The minimum atomic E-state index is -0.0231. The SMILES string of the molecule is CN=C(NCc1ccc(C(=O)N(C)C)cc1)NCc1cc(OC)ccc1O. The van der Waals surface area contributed by atoms with Gasteiger partial charge in [0.2, 0.25) is 0 Å². The first-order valence-corrected chi connectivity index (χ1v) is 8.55. The van der Waals surface area contributed by atoms with Gasteiger partial charge in [0.25, 0.3) is 5.91 Å². The molecule has 3 N–H and O–H groups in total. The molecule has 0 atom stereocenters. The Hall–Kier alpha value is -3.22. The molecule has 7 heteroatoms. The zero-order valence-electron chi connectivity index (χ0n) is 16.1. The lowest BCUT2D eigenvalue weighted by Crippen LogP contribution is -2.36. The molecule has 0 saturated heterocycles. The van der Waals surface area contributed by atoms with Crippen LogP contribution in [0.1, 0.15) is 21.5 Å². The fourth-order valence-corrected chi connectivity index (χ4v) is 2.44. The van der Waals surface area contributed by atoms with Crippen LogP contribution in [0.2, 0.25) is 0 Å². The molecule has 0 aliphatic carbocycles. The summed E-state index contributed by atoms with van der Waals surface area (Å²) in [6.07, 6.45) is 0. The summed E-state index contributed by atoms with van der Waals surface area (Å²) >= 11 is 0. The van der Waals surface area contributed by atoms with Crippen molar-refractivity contribution in [3.8, 4) is 11.5 Å². The number of nitrogens with one attached hydrogen (secondary N) is 2. The third kappa shape index (κ3) is 5.64. The molecule has 2 aromatic carbocycles. The van der Waals surface area contributed by atoms with Crippen molar-refractivity contribution in [1.29, 1.82) is 0 Å². The molecule has 0 aliphatic heterocycles. The van der Waals surface area contributed by atoms with Crippen LogP contribution in [0.3, 0.4) is 0 Å². The zero-order valence-corrected chi connectivity index (χ0v) is 16.1. The molecule has 0 saturated carbocycles. The Labute approximate surface area is 159 Å². The maximum atomic E-state index is 11.9. The molecule has 1 amide bonds. The van der Waals surface area contributed by atoms with E-state index in [9.17, 15) is 9.90 Å². The molecule has 7 nitrogen and oxygen atoms in total. The second-order valence-electron chi connectivity index (χ2n) is 6.17. The smallest absolute Gasteiger partial charge is 0.253 e. The van der Waals surface area contributed by atoms with E-state index < -0.39 is 0 Å². The molecular formula is C20H26N4O3. The number of nitrogens with zero attached hydrogens (tertiary/aromatic N) is 2. The average molecular weight is 370 g/mol. The van der Waals surface area contributed by atoms with Crippen LogP contribution < -0.4 is 15.4 Å². The topological polar surface area (TPSA) is 86.2 Å². The number of aromatic hydroxyl groups is 1. The summed E-state index contributed by atoms with van der Waals surface area (Å²) in [6, 6.07) is 12.5. The molecule has 0 fully saturated rings. The van der Waals surface area contributed by atoms with E-state index in [1.807, 2.05) is 24.3 Å². The number of phenols is 1. The van der Waals surface area contributed by atoms with Gasteiger partial charge in [-0.15, -0.1) is 0 Å². The van der Waals surface area contributed by atoms with Gasteiger partial charge < -0.3 is 25.4 Å². The molecule has 27 heavy (non-hydrogen) atoms. The summed E-state index contributed by atoms with van der Waals surface area (Å²) in [6.45, 7) is 0.958. The van der Waals surface area contributed by atoms with Gasteiger partial charge in [0.15, 0.2) is 5.96 Å². The number of methoxy groups -OCH3 is 1. The fraction of sp³-hybridized carbons (Fsp3) is 0.300. The second-order valence-corrected chi connectivity index (χ2v) is 6.17.